The normalized spacial score (nSPS) is 9.88. The van der Waals surface area contributed by atoms with E-state index in [9.17, 15) is 0 Å². The maximum atomic E-state index is 4.19. The zero-order valence-corrected chi connectivity index (χ0v) is 6.90. The van der Waals surface area contributed by atoms with Crippen LogP contribution >= 0.6 is 20.6 Å². The van der Waals surface area contributed by atoms with Crippen LogP contribution < -0.4 is 4.75 Å². The minimum atomic E-state index is 1.08. The second-order valence-corrected chi connectivity index (χ2v) is 3.89. The van der Waals surface area contributed by atoms with Crippen LogP contribution in [0.1, 0.15) is 10.6 Å². The van der Waals surface area contributed by atoms with Gasteiger partial charge in [-0.05, 0) is 13.8 Å². The Labute approximate surface area is 55.4 Å². The zero-order valence-electron chi connectivity index (χ0n) is 4.93. The van der Waals surface area contributed by atoms with Crippen molar-refractivity contribution in [3.63, 3.8) is 0 Å². The Morgan fingerprint density at radius 3 is 2.25 bits per heavy atom. The van der Waals surface area contributed by atoms with Crippen molar-refractivity contribution in [1.29, 1.82) is 0 Å². The topological polar surface area (TPSA) is 12.9 Å². The van der Waals surface area contributed by atoms with E-state index in [0.717, 1.165) is 10.4 Å². The highest BCUT2D eigenvalue weighted by molar-refractivity contribution is 7.42. The van der Waals surface area contributed by atoms with Crippen LogP contribution in [0.15, 0.2) is 0 Å². The van der Waals surface area contributed by atoms with Crippen LogP contribution in [-0.2, 0) is 0 Å². The first-order valence-corrected chi connectivity index (χ1v) is 3.79. The molecule has 3 heteroatoms. The monoisotopic (exact) mass is 145 g/mol. The van der Waals surface area contributed by atoms with Gasteiger partial charge in [0.2, 0.25) is 0 Å². The molecule has 0 radical (unpaired) electrons. The molecule has 1 nitrogen and oxygen atoms in total. The fraction of sp³-hybridized carbons (Fsp3) is 0.400. The molecular formula is C5H8NPS. The van der Waals surface area contributed by atoms with E-state index in [1.807, 2.05) is 6.92 Å². The summed E-state index contributed by atoms with van der Waals surface area (Å²) in [6.45, 7) is 4.11. The summed E-state index contributed by atoms with van der Waals surface area (Å²) in [5.74, 6) is 0. The highest BCUT2D eigenvalue weighted by Crippen LogP contribution is 2.09. The summed E-state index contributed by atoms with van der Waals surface area (Å²) in [4.78, 5) is 5.51. The molecule has 0 aromatic carbocycles. The number of rotatable bonds is 0. The van der Waals surface area contributed by atoms with Crippen LogP contribution in [0, 0.1) is 13.8 Å². The van der Waals surface area contributed by atoms with Crippen molar-refractivity contribution in [2.24, 2.45) is 0 Å². The third-order valence-corrected chi connectivity index (χ3v) is 2.43. The highest BCUT2D eigenvalue weighted by Gasteiger charge is 1.95. The molecule has 44 valence electrons. The molecule has 0 amide bonds. The first kappa shape index (κ1) is 6.18. The summed E-state index contributed by atoms with van der Waals surface area (Å²) >= 11 is 1.72. The Morgan fingerprint density at radius 2 is 2.12 bits per heavy atom. The quantitative estimate of drug-likeness (QED) is 0.501. The Kier molecular flexibility index (Phi) is 1.64. The van der Waals surface area contributed by atoms with Gasteiger partial charge in [-0.3, -0.25) is 0 Å². The summed E-state index contributed by atoms with van der Waals surface area (Å²) in [7, 11) is 2.59. The van der Waals surface area contributed by atoms with Gasteiger partial charge in [0, 0.05) is 4.88 Å². The van der Waals surface area contributed by atoms with E-state index in [4.69, 9.17) is 0 Å². The number of aromatic nitrogens is 1. The summed E-state index contributed by atoms with van der Waals surface area (Å²) < 4.78 is 1.08. The fourth-order valence-electron chi connectivity index (χ4n) is 0.498. The van der Waals surface area contributed by atoms with Crippen molar-refractivity contribution in [3.8, 4) is 0 Å². The molecule has 1 heterocycles. The molecule has 0 aliphatic carbocycles. The predicted molar refractivity (Wildman–Crippen MR) is 40.9 cm³/mol. The SMILES string of the molecule is Cc1nc(P)sc1C. The number of hydrogen-bond acceptors (Lipinski definition) is 2. The molecular weight excluding hydrogens is 137 g/mol. The molecule has 1 rings (SSSR count). The molecule has 0 fully saturated rings. The summed E-state index contributed by atoms with van der Waals surface area (Å²) in [6, 6.07) is 0. The number of aryl methyl sites for hydroxylation is 2. The van der Waals surface area contributed by atoms with Crippen LogP contribution in [0.3, 0.4) is 0 Å². The second kappa shape index (κ2) is 2.12. The van der Waals surface area contributed by atoms with Gasteiger partial charge in [-0.15, -0.1) is 11.3 Å². The smallest absolute Gasteiger partial charge is 0.109 e. The van der Waals surface area contributed by atoms with Crippen molar-refractivity contribution >= 4 is 25.3 Å². The Hall–Kier alpha value is 0.0600. The van der Waals surface area contributed by atoms with Crippen LogP contribution in [0.5, 0.6) is 0 Å². The number of nitrogens with zero attached hydrogens (tertiary/aromatic N) is 1. The van der Waals surface area contributed by atoms with Crippen molar-refractivity contribution in [3.05, 3.63) is 10.6 Å². The summed E-state index contributed by atoms with van der Waals surface area (Å²) in [5.41, 5.74) is 1.15. The van der Waals surface area contributed by atoms with Crippen LogP contribution in [0.25, 0.3) is 0 Å². The van der Waals surface area contributed by atoms with Gasteiger partial charge in [0.1, 0.15) is 4.75 Å². The Balaban J connectivity index is 3.14. The highest BCUT2D eigenvalue weighted by atomic mass is 32.1. The molecule has 8 heavy (non-hydrogen) atoms. The minimum Gasteiger partial charge on any atom is -0.242 e. The van der Waals surface area contributed by atoms with Gasteiger partial charge in [0.15, 0.2) is 0 Å². The standard InChI is InChI=1S/C5H8NPS/c1-3-4(2)8-5(7)6-3/h7H2,1-2H3. The third kappa shape index (κ3) is 1.07. The lowest BCUT2D eigenvalue weighted by Crippen LogP contribution is -1.83. The molecule has 0 aliphatic rings. The van der Waals surface area contributed by atoms with E-state index >= 15 is 0 Å². The largest absolute Gasteiger partial charge is 0.242 e. The van der Waals surface area contributed by atoms with Gasteiger partial charge in [-0.1, -0.05) is 9.24 Å². The molecule has 0 bridgehead atoms. The van der Waals surface area contributed by atoms with E-state index in [0.29, 0.717) is 0 Å². The molecule has 0 saturated carbocycles. The first-order valence-electron chi connectivity index (χ1n) is 2.39. The number of hydrogen-bond donors (Lipinski definition) is 0. The maximum absolute atomic E-state index is 4.19. The molecule has 1 atom stereocenters. The lowest BCUT2D eigenvalue weighted by molar-refractivity contribution is 1.25. The molecule has 0 spiro atoms. The number of thiazole rings is 1. The van der Waals surface area contributed by atoms with E-state index < -0.39 is 0 Å². The van der Waals surface area contributed by atoms with Gasteiger partial charge >= 0.3 is 0 Å². The van der Waals surface area contributed by atoms with E-state index in [1.54, 1.807) is 11.3 Å². The van der Waals surface area contributed by atoms with Crippen molar-refractivity contribution in [2.45, 2.75) is 13.8 Å². The Bertz CT molecular complexity index is 175. The molecule has 0 N–H and O–H groups in total. The molecule has 0 saturated heterocycles. The molecule has 0 aliphatic heterocycles. The fourth-order valence-corrected chi connectivity index (χ4v) is 1.91. The van der Waals surface area contributed by atoms with Crippen molar-refractivity contribution in [2.75, 3.05) is 0 Å². The summed E-state index contributed by atoms with van der Waals surface area (Å²) in [6.07, 6.45) is 0. The average Bonchev–Trinajstić information content (AvgIpc) is 1.85. The van der Waals surface area contributed by atoms with Gasteiger partial charge < -0.3 is 0 Å². The average molecular weight is 145 g/mol. The maximum Gasteiger partial charge on any atom is 0.109 e. The van der Waals surface area contributed by atoms with Gasteiger partial charge in [0.25, 0.3) is 0 Å². The van der Waals surface area contributed by atoms with Gasteiger partial charge in [-0.2, -0.15) is 0 Å². The van der Waals surface area contributed by atoms with Crippen LogP contribution in [-0.4, -0.2) is 4.98 Å². The minimum absolute atomic E-state index is 1.08. The lowest BCUT2D eigenvalue weighted by Gasteiger charge is -1.77. The molecule has 1 unspecified atom stereocenters. The van der Waals surface area contributed by atoms with Gasteiger partial charge in [0.05, 0.1) is 5.69 Å². The lowest BCUT2D eigenvalue weighted by atomic mass is 10.4. The van der Waals surface area contributed by atoms with E-state index in [-0.39, 0.29) is 0 Å². The van der Waals surface area contributed by atoms with Crippen molar-refractivity contribution < 1.29 is 0 Å². The van der Waals surface area contributed by atoms with Crippen molar-refractivity contribution in [1.82, 2.24) is 4.98 Å². The van der Waals surface area contributed by atoms with Crippen LogP contribution in [0.4, 0.5) is 0 Å². The van der Waals surface area contributed by atoms with Gasteiger partial charge in [-0.25, -0.2) is 4.98 Å². The summed E-state index contributed by atoms with van der Waals surface area (Å²) in [5, 5.41) is 0. The first-order chi connectivity index (χ1) is 3.70. The second-order valence-electron chi connectivity index (χ2n) is 1.69. The van der Waals surface area contributed by atoms with E-state index in [2.05, 4.69) is 21.1 Å². The molecule has 1 aromatic rings. The third-order valence-electron chi connectivity index (χ3n) is 1.05. The predicted octanol–water partition coefficient (Wildman–Crippen LogP) is 1.26. The van der Waals surface area contributed by atoms with E-state index in [1.165, 1.54) is 4.88 Å². The van der Waals surface area contributed by atoms with Crippen LogP contribution in [0.2, 0.25) is 0 Å². The zero-order chi connectivity index (χ0) is 6.15. The molecule has 1 aromatic heterocycles. The Morgan fingerprint density at radius 1 is 1.50 bits per heavy atom.